The Morgan fingerprint density at radius 3 is 1.58 bits per heavy atom. The van der Waals surface area contributed by atoms with Crippen LogP contribution in [-0.4, -0.2) is 5.91 Å². The third-order valence-corrected chi connectivity index (χ3v) is 4.51. The van der Waals surface area contributed by atoms with E-state index >= 15 is 0 Å². The highest BCUT2D eigenvalue weighted by Gasteiger charge is 1.97. The van der Waals surface area contributed by atoms with Gasteiger partial charge in [-0.25, -0.2) is 5.84 Å². The summed E-state index contributed by atoms with van der Waals surface area (Å²) in [7, 11) is 0. The summed E-state index contributed by atoms with van der Waals surface area (Å²) in [5, 5.41) is 0. The van der Waals surface area contributed by atoms with Crippen LogP contribution in [-0.2, 0) is 4.79 Å². The summed E-state index contributed by atoms with van der Waals surface area (Å²) >= 11 is 0. The van der Waals surface area contributed by atoms with Gasteiger partial charge in [0.15, 0.2) is 0 Å². The van der Waals surface area contributed by atoms with E-state index in [2.05, 4.69) is 36.0 Å². The van der Waals surface area contributed by atoms with Gasteiger partial charge in [-0.3, -0.25) is 10.2 Å². The summed E-state index contributed by atoms with van der Waals surface area (Å²) in [6, 6.07) is 0. The van der Waals surface area contributed by atoms with Crippen molar-refractivity contribution in [1.82, 2.24) is 5.43 Å². The van der Waals surface area contributed by atoms with Gasteiger partial charge in [0.25, 0.3) is 0 Å². The second-order valence-electron chi connectivity index (χ2n) is 7.02. The Bertz CT molecular complexity index is 437. The maximum absolute atomic E-state index is 10.9. The first-order valence-electron chi connectivity index (χ1n) is 10.8. The first-order chi connectivity index (χ1) is 12.8. The van der Waals surface area contributed by atoms with E-state index in [9.17, 15) is 4.79 Å². The molecule has 0 saturated carbocycles. The smallest absolute Gasteiger partial charge is 0.233 e. The van der Waals surface area contributed by atoms with E-state index in [0.717, 1.165) is 32.1 Å². The zero-order chi connectivity index (χ0) is 19.1. The molecule has 0 aliphatic carbocycles. The van der Waals surface area contributed by atoms with Crippen LogP contribution >= 0.6 is 0 Å². The summed E-state index contributed by atoms with van der Waals surface area (Å²) < 4.78 is 0. The van der Waals surface area contributed by atoms with Gasteiger partial charge >= 0.3 is 0 Å². The lowest BCUT2D eigenvalue weighted by Gasteiger charge is -2.00. The van der Waals surface area contributed by atoms with Gasteiger partial charge in [-0.05, 0) is 31.1 Å². The average molecular weight is 361 g/mol. The molecule has 0 aromatic heterocycles. The molecule has 0 aliphatic heterocycles. The molecule has 0 atom stereocenters. The van der Waals surface area contributed by atoms with Crippen LogP contribution in [0, 0.1) is 23.7 Å². The fourth-order valence-corrected chi connectivity index (χ4v) is 2.84. The van der Waals surface area contributed by atoms with Gasteiger partial charge in [0.2, 0.25) is 5.91 Å². The number of hydrogen-bond donors (Lipinski definition) is 2. The van der Waals surface area contributed by atoms with E-state index in [-0.39, 0.29) is 5.91 Å². The molecule has 0 heterocycles. The molecule has 0 radical (unpaired) electrons. The van der Waals surface area contributed by atoms with Gasteiger partial charge in [-0.2, -0.15) is 0 Å². The van der Waals surface area contributed by atoms with Crippen molar-refractivity contribution in [2.24, 2.45) is 5.84 Å². The third-order valence-electron chi connectivity index (χ3n) is 4.51. The van der Waals surface area contributed by atoms with Crippen LogP contribution in [0.1, 0.15) is 116 Å². The van der Waals surface area contributed by atoms with Gasteiger partial charge in [-0.15, -0.1) is 0 Å². The molecule has 0 saturated heterocycles. The number of unbranched alkanes of at least 4 members (excludes halogenated alkanes) is 14. The Balaban J connectivity index is 3.27. The second-order valence-corrected chi connectivity index (χ2v) is 7.02. The monoisotopic (exact) mass is 360 g/mol. The molecule has 0 spiro atoms. The lowest BCUT2D eigenvalue weighted by molar-refractivity contribution is -0.121. The number of carbonyl (C=O) groups is 1. The third kappa shape index (κ3) is 20.6. The standard InChI is InChI=1S/C23H40N2O/c1-2-3-4-5-6-7-8-9-10-11-12-13-14-15-16-17-18-19-20-21-22-23(26)25-24/h2-10,15-22,24H2,1H3,(H,25,26). The van der Waals surface area contributed by atoms with Crippen molar-refractivity contribution in [2.75, 3.05) is 0 Å². The van der Waals surface area contributed by atoms with Crippen LogP contribution in [0.5, 0.6) is 0 Å². The Labute approximate surface area is 162 Å². The molecule has 0 unspecified atom stereocenters. The molecule has 0 bridgehead atoms. The van der Waals surface area contributed by atoms with Crippen LogP contribution in [0.3, 0.4) is 0 Å². The van der Waals surface area contributed by atoms with Gasteiger partial charge in [0, 0.05) is 19.3 Å². The largest absolute Gasteiger partial charge is 0.294 e. The number of hydrogen-bond acceptors (Lipinski definition) is 2. The Kier molecular flexibility index (Phi) is 20.4. The molecule has 0 aromatic rings. The van der Waals surface area contributed by atoms with Crippen molar-refractivity contribution < 1.29 is 4.79 Å². The summed E-state index contributed by atoms with van der Waals surface area (Å²) in [6.45, 7) is 2.26. The number of hydrazine groups is 1. The van der Waals surface area contributed by atoms with Crippen LogP contribution < -0.4 is 11.3 Å². The van der Waals surface area contributed by atoms with Gasteiger partial charge < -0.3 is 0 Å². The zero-order valence-electron chi connectivity index (χ0n) is 17.0. The predicted octanol–water partition coefficient (Wildman–Crippen LogP) is 5.63. The van der Waals surface area contributed by atoms with E-state index in [1.54, 1.807) is 0 Å². The molecule has 26 heavy (non-hydrogen) atoms. The summed E-state index contributed by atoms with van der Waals surface area (Å²) in [5.74, 6) is 17.2. The van der Waals surface area contributed by atoms with Gasteiger partial charge in [0.1, 0.15) is 0 Å². The van der Waals surface area contributed by atoms with Crippen molar-refractivity contribution in [3.8, 4) is 23.7 Å². The van der Waals surface area contributed by atoms with E-state index in [0.29, 0.717) is 6.42 Å². The Morgan fingerprint density at radius 2 is 1.12 bits per heavy atom. The molecule has 0 aliphatic rings. The first-order valence-corrected chi connectivity index (χ1v) is 10.8. The van der Waals surface area contributed by atoms with Crippen molar-refractivity contribution in [3.63, 3.8) is 0 Å². The minimum absolute atomic E-state index is 0.0659. The van der Waals surface area contributed by atoms with E-state index in [1.165, 1.54) is 70.6 Å². The topological polar surface area (TPSA) is 55.1 Å². The highest BCUT2D eigenvalue weighted by molar-refractivity contribution is 5.74. The van der Waals surface area contributed by atoms with Crippen molar-refractivity contribution in [2.45, 2.75) is 116 Å². The lowest BCUT2D eigenvalue weighted by atomic mass is 10.1. The summed E-state index contributed by atoms with van der Waals surface area (Å²) in [4.78, 5) is 10.9. The number of nitrogens with two attached hydrogens (primary N) is 1. The highest BCUT2D eigenvalue weighted by atomic mass is 16.2. The molecule has 3 N–H and O–H groups in total. The summed E-state index contributed by atoms with van der Waals surface area (Å²) in [5.41, 5.74) is 2.16. The molecule has 3 nitrogen and oxygen atoms in total. The molecule has 1 amide bonds. The average Bonchev–Trinajstić information content (AvgIpc) is 2.66. The van der Waals surface area contributed by atoms with Crippen molar-refractivity contribution >= 4 is 5.91 Å². The van der Waals surface area contributed by atoms with E-state index < -0.39 is 0 Å². The molecule has 0 rings (SSSR count). The van der Waals surface area contributed by atoms with Gasteiger partial charge in [-0.1, -0.05) is 89.4 Å². The van der Waals surface area contributed by atoms with Crippen molar-refractivity contribution in [1.29, 1.82) is 0 Å². The van der Waals surface area contributed by atoms with Crippen LogP contribution in [0.15, 0.2) is 0 Å². The first kappa shape index (κ1) is 24.6. The minimum Gasteiger partial charge on any atom is -0.294 e. The molecular formula is C23H40N2O. The Morgan fingerprint density at radius 1 is 0.692 bits per heavy atom. The zero-order valence-corrected chi connectivity index (χ0v) is 17.0. The molecule has 0 aromatic carbocycles. The fraction of sp³-hybridized carbons (Fsp3) is 0.783. The number of carbonyl (C=O) groups excluding carboxylic acids is 1. The normalized spacial score (nSPS) is 9.77. The minimum atomic E-state index is -0.0659. The predicted molar refractivity (Wildman–Crippen MR) is 112 cm³/mol. The number of rotatable bonds is 16. The SMILES string of the molecule is CCCCCCCCCCC#CC#CCCCCCCCCC(=O)NN. The molecule has 3 heteroatoms. The summed E-state index contributed by atoms with van der Waals surface area (Å²) in [6.07, 6.45) is 20.1. The van der Waals surface area contributed by atoms with Crippen LogP contribution in [0.4, 0.5) is 0 Å². The van der Waals surface area contributed by atoms with Crippen molar-refractivity contribution in [3.05, 3.63) is 0 Å². The second kappa shape index (κ2) is 21.6. The van der Waals surface area contributed by atoms with Gasteiger partial charge in [0.05, 0.1) is 0 Å². The number of nitrogens with one attached hydrogen (secondary N) is 1. The maximum atomic E-state index is 10.9. The molecule has 148 valence electrons. The van der Waals surface area contributed by atoms with E-state index in [4.69, 9.17) is 5.84 Å². The van der Waals surface area contributed by atoms with Crippen LogP contribution in [0.25, 0.3) is 0 Å². The lowest BCUT2D eigenvalue weighted by Crippen LogP contribution is -2.29. The quantitative estimate of drug-likeness (QED) is 0.123. The van der Waals surface area contributed by atoms with E-state index in [1.807, 2.05) is 0 Å². The maximum Gasteiger partial charge on any atom is 0.233 e. The number of amides is 1. The molecular weight excluding hydrogens is 320 g/mol. The Hall–Kier alpha value is -1.45. The van der Waals surface area contributed by atoms with Crippen LogP contribution in [0.2, 0.25) is 0 Å². The highest BCUT2D eigenvalue weighted by Crippen LogP contribution is 2.09. The molecule has 0 fully saturated rings. The fourth-order valence-electron chi connectivity index (χ4n) is 2.84.